The van der Waals surface area contributed by atoms with Crippen LogP contribution in [0.4, 0.5) is 0 Å². The number of carbonyl (C=O) groups excluding carboxylic acids is 2. The quantitative estimate of drug-likeness (QED) is 0.651. The van der Waals surface area contributed by atoms with Crippen molar-refractivity contribution in [1.82, 2.24) is 4.90 Å². The lowest BCUT2D eigenvalue weighted by atomic mass is 9.95. The molecule has 0 spiro atoms. The van der Waals surface area contributed by atoms with Gasteiger partial charge in [-0.05, 0) is 12.8 Å². The first-order chi connectivity index (χ1) is 7.38. The lowest BCUT2D eigenvalue weighted by Gasteiger charge is -2.29. The average Bonchev–Trinajstić information content (AvgIpc) is 2.17. The van der Waals surface area contributed by atoms with Gasteiger partial charge in [-0.2, -0.15) is 0 Å². The molecule has 0 saturated heterocycles. The van der Waals surface area contributed by atoms with Crippen molar-refractivity contribution in [1.29, 1.82) is 0 Å². The van der Waals surface area contributed by atoms with Gasteiger partial charge in [0.15, 0.2) is 0 Å². The van der Waals surface area contributed by atoms with E-state index in [2.05, 4.69) is 0 Å². The molecule has 0 aromatic heterocycles. The Morgan fingerprint density at radius 3 is 1.80 bits per heavy atom. The topological polar surface area (TPSA) is 37.4 Å². The second-order valence-electron chi connectivity index (χ2n) is 4.29. The standard InChI is InChI=1S/C12H21NO2/c14-10-8-13(9-11-15)12-6-4-2-1-3-5-7-12/h10-12H,1-9H2. The maximum Gasteiger partial charge on any atom is 0.134 e. The monoisotopic (exact) mass is 211 g/mol. The number of carbonyl (C=O) groups is 2. The van der Waals surface area contributed by atoms with E-state index >= 15 is 0 Å². The molecular weight excluding hydrogens is 190 g/mol. The summed E-state index contributed by atoms with van der Waals surface area (Å²) in [5, 5.41) is 0. The van der Waals surface area contributed by atoms with Gasteiger partial charge in [0, 0.05) is 6.04 Å². The van der Waals surface area contributed by atoms with Gasteiger partial charge >= 0.3 is 0 Å². The van der Waals surface area contributed by atoms with E-state index in [9.17, 15) is 9.59 Å². The molecule has 0 atom stereocenters. The van der Waals surface area contributed by atoms with Crippen LogP contribution in [0.2, 0.25) is 0 Å². The van der Waals surface area contributed by atoms with Crippen LogP contribution in [-0.4, -0.2) is 36.6 Å². The van der Waals surface area contributed by atoms with E-state index in [0.29, 0.717) is 19.1 Å². The van der Waals surface area contributed by atoms with Crippen molar-refractivity contribution < 1.29 is 9.59 Å². The van der Waals surface area contributed by atoms with Gasteiger partial charge in [0.25, 0.3) is 0 Å². The smallest absolute Gasteiger partial charge is 0.134 e. The first kappa shape index (κ1) is 12.4. The highest BCUT2D eigenvalue weighted by atomic mass is 16.1. The Bertz CT molecular complexity index is 176. The fraction of sp³-hybridized carbons (Fsp3) is 0.833. The van der Waals surface area contributed by atoms with E-state index in [1.807, 2.05) is 4.90 Å². The summed E-state index contributed by atoms with van der Waals surface area (Å²) < 4.78 is 0. The molecule has 0 amide bonds. The Labute approximate surface area is 91.8 Å². The summed E-state index contributed by atoms with van der Waals surface area (Å²) in [6.07, 6.45) is 10.5. The number of aldehydes is 2. The minimum atomic E-state index is 0.406. The normalized spacial score (nSPS) is 19.5. The third-order valence-corrected chi connectivity index (χ3v) is 3.21. The van der Waals surface area contributed by atoms with Crippen molar-refractivity contribution in [3.05, 3.63) is 0 Å². The highest BCUT2D eigenvalue weighted by Crippen LogP contribution is 2.20. The lowest BCUT2D eigenvalue weighted by molar-refractivity contribution is -0.112. The Morgan fingerprint density at radius 1 is 0.867 bits per heavy atom. The molecule has 0 N–H and O–H groups in total. The molecule has 0 radical (unpaired) electrons. The van der Waals surface area contributed by atoms with Crippen molar-refractivity contribution in [2.75, 3.05) is 13.1 Å². The van der Waals surface area contributed by atoms with E-state index in [-0.39, 0.29) is 0 Å². The molecule has 0 aliphatic heterocycles. The predicted molar refractivity (Wildman–Crippen MR) is 59.8 cm³/mol. The van der Waals surface area contributed by atoms with Gasteiger partial charge < -0.3 is 9.59 Å². The molecule has 1 saturated carbocycles. The molecule has 0 bridgehead atoms. The zero-order valence-electron chi connectivity index (χ0n) is 9.36. The van der Waals surface area contributed by atoms with E-state index in [4.69, 9.17) is 0 Å². The third-order valence-electron chi connectivity index (χ3n) is 3.21. The maximum absolute atomic E-state index is 10.5. The molecular formula is C12H21NO2. The molecule has 1 fully saturated rings. The molecule has 0 aromatic rings. The van der Waals surface area contributed by atoms with Gasteiger partial charge in [0.05, 0.1) is 13.1 Å². The summed E-state index contributed by atoms with van der Waals surface area (Å²) in [6.45, 7) is 0.812. The Morgan fingerprint density at radius 2 is 1.33 bits per heavy atom. The van der Waals surface area contributed by atoms with Crippen molar-refractivity contribution >= 4 is 12.6 Å². The van der Waals surface area contributed by atoms with Crippen LogP contribution in [0.5, 0.6) is 0 Å². The summed E-state index contributed by atoms with van der Waals surface area (Å²) in [6, 6.07) is 0.445. The van der Waals surface area contributed by atoms with E-state index in [1.54, 1.807) is 0 Å². The molecule has 0 heterocycles. The highest BCUT2D eigenvalue weighted by Gasteiger charge is 2.18. The van der Waals surface area contributed by atoms with Gasteiger partial charge in [0.1, 0.15) is 12.6 Å². The van der Waals surface area contributed by atoms with Crippen LogP contribution in [0.1, 0.15) is 44.9 Å². The molecule has 3 nitrogen and oxygen atoms in total. The number of nitrogens with zero attached hydrogens (tertiary/aromatic N) is 1. The molecule has 1 aliphatic carbocycles. The minimum absolute atomic E-state index is 0.406. The molecule has 1 rings (SSSR count). The second-order valence-corrected chi connectivity index (χ2v) is 4.29. The molecule has 3 heteroatoms. The van der Waals surface area contributed by atoms with Gasteiger partial charge in [-0.15, -0.1) is 0 Å². The van der Waals surface area contributed by atoms with Crippen molar-refractivity contribution in [3.63, 3.8) is 0 Å². The van der Waals surface area contributed by atoms with Crippen molar-refractivity contribution in [2.24, 2.45) is 0 Å². The fourth-order valence-corrected chi connectivity index (χ4v) is 2.36. The zero-order valence-corrected chi connectivity index (χ0v) is 9.36. The Hall–Kier alpha value is -0.700. The molecule has 0 unspecified atom stereocenters. The van der Waals surface area contributed by atoms with Crippen LogP contribution < -0.4 is 0 Å². The van der Waals surface area contributed by atoms with Crippen LogP contribution in [0, 0.1) is 0 Å². The Kier molecular flexibility index (Phi) is 6.25. The Balaban J connectivity index is 2.45. The number of rotatable bonds is 5. The third kappa shape index (κ3) is 4.56. The largest absolute Gasteiger partial charge is 0.302 e. The van der Waals surface area contributed by atoms with E-state index in [0.717, 1.165) is 25.4 Å². The van der Waals surface area contributed by atoms with Crippen LogP contribution in [0.15, 0.2) is 0 Å². The second kappa shape index (κ2) is 7.57. The minimum Gasteiger partial charge on any atom is -0.302 e. The first-order valence-electron chi connectivity index (χ1n) is 6.00. The van der Waals surface area contributed by atoms with Crippen LogP contribution in [-0.2, 0) is 9.59 Å². The van der Waals surface area contributed by atoms with Crippen LogP contribution in [0.25, 0.3) is 0 Å². The SMILES string of the molecule is O=CCN(CC=O)C1CCCCCCC1. The van der Waals surface area contributed by atoms with Crippen LogP contribution in [0.3, 0.4) is 0 Å². The predicted octanol–water partition coefficient (Wildman–Crippen LogP) is 1.80. The highest BCUT2D eigenvalue weighted by molar-refractivity contribution is 5.56. The van der Waals surface area contributed by atoms with Crippen molar-refractivity contribution in [3.8, 4) is 0 Å². The van der Waals surface area contributed by atoms with Gasteiger partial charge in [0.2, 0.25) is 0 Å². The first-order valence-corrected chi connectivity index (χ1v) is 6.00. The van der Waals surface area contributed by atoms with Gasteiger partial charge in [-0.1, -0.05) is 32.1 Å². The number of hydrogen-bond donors (Lipinski definition) is 0. The maximum atomic E-state index is 10.5. The summed E-state index contributed by atoms with van der Waals surface area (Å²) in [4.78, 5) is 23.1. The summed E-state index contributed by atoms with van der Waals surface area (Å²) in [5.41, 5.74) is 0. The summed E-state index contributed by atoms with van der Waals surface area (Å²) >= 11 is 0. The molecule has 15 heavy (non-hydrogen) atoms. The van der Waals surface area contributed by atoms with E-state index in [1.165, 1.54) is 32.1 Å². The van der Waals surface area contributed by atoms with Gasteiger partial charge in [-0.25, -0.2) is 0 Å². The molecule has 0 aromatic carbocycles. The molecule has 1 aliphatic rings. The fourth-order valence-electron chi connectivity index (χ4n) is 2.36. The summed E-state index contributed by atoms with van der Waals surface area (Å²) in [5.74, 6) is 0. The average molecular weight is 211 g/mol. The van der Waals surface area contributed by atoms with Crippen molar-refractivity contribution in [2.45, 2.75) is 51.0 Å². The van der Waals surface area contributed by atoms with Gasteiger partial charge in [-0.3, -0.25) is 4.90 Å². The lowest BCUT2D eigenvalue weighted by Crippen LogP contribution is -2.38. The zero-order chi connectivity index (χ0) is 10.9. The van der Waals surface area contributed by atoms with Crippen LogP contribution >= 0.6 is 0 Å². The summed E-state index contributed by atoms with van der Waals surface area (Å²) in [7, 11) is 0. The molecule has 86 valence electrons. The number of hydrogen-bond acceptors (Lipinski definition) is 3. The van der Waals surface area contributed by atoms with E-state index < -0.39 is 0 Å².